The third-order valence-corrected chi connectivity index (χ3v) is 4.43. The van der Waals surface area contributed by atoms with Gasteiger partial charge in [0, 0.05) is 29.6 Å². The van der Waals surface area contributed by atoms with Crippen molar-refractivity contribution >= 4 is 23.3 Å². The molecule has 5 nitrogen and oxygen atoms in total. The van der Waals surface area contributed by atoms with Crippen LogP contribution in [0.25, 0.3) is 6.08 Å². The fourth-order valence-corrected chi connectivity index (χ4v) is 3.05. The largest absolute Gasteiger partial charge is 0.496 e. The summed E-state index contributed by atoms with van der Waals surface area (Å²) in [6.45, 7) is 0.485. The number of methoxy groups -OCH3 is 1. The van der Waals surface area contributed by atoms with Crippen LogP contribution in [0.15, 0.2) is 41.8 Å². The van der Waals surface area contributed by atoms with Crippen molar-refractivity contribution < 1.29 is 19.7 Å². The van der Waals surface area contributed by atoms with E-state index in [2.05, 4.69) is 0 Å². The van der Waals surface area contributed by atoms with Gasteiger partial charge in [-0.2, -0.15) is 0 Å². The van der Waals surface area contributed by atoms with Gasteiger partial charge >= 0.3 is 0 Å². The molecule has 0 fully saturated rings. The first-order chi connectivity index (χ1) is 11.7. The van der Waals surface area contributed by atoms with Crippen molar-refractivity contribution in [2.45, 2.75) is 13.2 Å². The van der Waals surface area contributed by atoms with Gasteiger partial charge in [-0.25, -0.2) is 0 Å². The van der Waals surface area contributed by atoms with Crippen molar-refractivity contribution in [3.8, 4) is 5.75 Å². The second-order valence-corrected chi connectivity index (χ2v) is 6.09. The van der Waals surface area contributed by atoms with Crippen LogP contribution in [0.4, 0.5) is 0 Å². The van der Waals surface area contributed by atoms with Crippen LogP contribution in [0.3, 0.4) is 0 Å². The molecule has 0 atom stereocenters. The second kappa shape index (κ2) is 9.22. The SMILES string of the molecule is COc1ccccc1CN(CCO)C(=O)/C=C/c1cc(CO)cs1. The van der Waals surface area contributed by atoms with Gasteiger partial charge in [0.25, 0.3) is 0 Å². The van der Waals surface area contributed by atoms with Gasteiger partial charge in [0.2, 0.25) is 5.91 Å². The van der Waals surface area contributed by atoms with E-state index in [1.165, 1.54) is 17.4 Å². The Hall–Kier alpha value is -2.15. The first kappa shape index (κ1) is 18.2. The van der Waals surface area contributed by atoms with E-state index >= 15 is 0 Å². The molecule has 0 spiro atoms. The average Bonchev–Trinajstić information content (AvgIpc) is 3.08. The average molecular weight is 347 g/mol. The van der Waals surface area contributed by atoms with Crippen LogP contribution in [0.2, 0.25) is 0 Å². The number of hydrogen-bond donors (Lipinski definition) is 2. The summed E-state index contributed by atoms with van der Waals surface area (Å²) in [5.74, 6) is 0.525. The quantitative estimate of drug-likeness (QED) is 0.719. The van der Waals surface area contributed by atoms with Crippen LogP contribution in [0.1, 0.15) is 16.0 Å². The zero-order chi connectivity index (χ0) is 17.4. The Morgan fingerprint density at radius 2 is 2.12 bits per heavy atom. The van der Waals surface area contributed by atoms with Gasteiger partial charge in [0.15, 0.2) is 0 Å². The highest BCUT2D eigenvalue weighted by Crippen LogP contribution is 2.20. The maximum atomic E-state index is 12.4. The van der Waals surface area contributed by atoms with Gasteiger partial charge in [0.05, 0.1) is 20.3 Å². The highest BCUT2D eigenvalue weighted by Gasteiger charge is 2.13. The van der Waals surface area contributed by atoms with Gasteiger partial charge in [-0.05, 0) is 29.2 Å². The minimum atomic E-state index is -0.186. The number of ether oxygens (including phenoxy) is 1. The van der Waals surface area contributed by atoms with Crippen LogP contribution in [-0.2, 0) is 17.9 Å². The lowest BCUT2D eigenvalue weighted by Crippen LogP contribution is -2.31. The number of nitrogens with zero attached hydrogens (tertiary/aromatic N) is 1. The van der Waals surface area contributed by atoms with Crippen molar-refractivity contribution in [3.05, 3.63) is 57.8 Å². The lowest BCUT2D eigenvalue weighted by Gasteiger charge is -2.21. The predicted molar refractivity (Wildman–Crippen MR) is 94.8 cm³/mol. The molecule has 128 valence electrons. The van der Waals surface area contributed by atoms with Crippen molar-refractivity contribution in [2.24, 2.45) is 0 Å². The van der Waals surface area contributed by atoms with E-state index < -0.39 is 0 Å². The Labute approximate surface area is 145 Å². The molecule has 1 amide bonds. The van der Waals surface area contributed by atoms with Gasteiger partial charge < -0.3 is 19.8 Å². The molecule has 0 saturated heterocycles. The molecule has 1 aromatic carbocycles. The van der Waals surface area contributed by atoms with E-state index in [1.807, 2.05) is 35.7 Å². The molecule has 0 bridgehead atoms. The Balaban J connectivity index is 2.09. The predicted octanol–water partition coefficient (Wildman–Crippen LogP) is 2.28. The molecule has 1 aromatic heterocycles. The Kier molecular flexibility index (Phi) is 6.99. The van der Waals surface area contributed by atoms with Crippen molar-refractivity contribution in [1.29, 1.82) is 0 Å². The van der Waals surface area contributed by atoms with Gasteiger partial charge in [-0.15, -0.1) is 11.3 Å². The monoisotopic (exact) mass is 347 g/mol. The fourth-order valence-electron chi connectivity index (χ4n) is 2.25. The maximum absolute atomic E-state index is 12.4. The van der Waals surface area contributed by atoms with Crippen LogP contribution < -0.4 is 4.74 Å². The first-order valence-corrected chi connectivity index (χ1v) is 8.44. The van der Waals surface area contributed by atoms with Gasteiger partial charge in [-0.3, -0.25) is 4.79 Å². The zero-order valence-corrected chi connectivity index (χ0v) is 14.3. The molecular formula is C18H21NO4S. The van der Waals surface area contributed by atoms with E-state index in [9.17, 15) is 9.90 Å². The lowest BCUT2D eigenvalue weighted by molar-refractivity contribution is -0.127. The van der Waals surface area contributed by atoms with E-state index in [-0.39, 0.29) is 25.7 Å². The summed E-state index contributed by atoms with van der Waals surface area (Å²) in [6, 6.07) is 9.33. The van der Waals surface area contributed by atoms with Crippen LogP contribution in [0.5, 0.6) is 5.75 Å². The number of carbonyl (C=O) groups excluding carboxylic acids is 1. The summed E-state index contributed by atoms with van der Waals surface area (Å²) in [7, 11) is 1.59. The Bertz CT molecular complexity index is 696. The van der Waals surface area contributed by atoms with Gasteiger partial charge in [-0.1, -0.05) is 18.2 Å². The summed E-state index contributed by atoms with van der Waals surface area (Å²) in [6.07, 6.45) is 3.21. The molecule has 1 heterocycles. The topological polar surface area (TPSA) is 70.0 Å². The number of thiophene rings is 1. The molecule has 6 heteroatoms. The molecule has 24 heavy (non-hydrogen) atoms. The Morgan fingerprint density at radius 1 is 1.33 bits per heavy atom. The number of carbonyl (C=O) groups is 1. The lowest BCUT2D eigenvalue weighted by atomic mass is 10.2. The molecule has 0 aliphatic heterocycles. The number of rotatable bonds is 8. The Morgan fingerprint density at radius 3 is 2.79 bits per heavy atom. The summed E-state index contributed by atoms with van der Waals surface area (Å²) in [5.41, 5.74) is 1.71. The van der Waals surface area contributed by atoms with Crippen LogP contribution in [0, 0.1) is 0 Å². The number of aliphatic hydroxyl groups is 2. The second-order valence-electron chi connectivity index (χ2n) is 5.14. The summed E-state index contributed by atoms with van der Waals surface area (Å²) in [5, 5.41) is 20.2. The smallest absolute Gasteiger partial charge is 0.246 e. The highest BCUT2D eigenvalue weighted by molar-refractivity contribution is 7.11. The normalized spacial score (nSPS) is 11.0. The first-order valence-electron chi connectivity index (χ1n) is 7.56. The van der Waals surface area contributed by atoms with E-state index in [0.717, 1.165) is 16.0 Å². The molecule has 0 aliphatic rings. The van der Waals surface area contributed by atoms with Gasteiger partial charge in [0.1, 0.15) is 5.75 Å². The highest BCUT2D eigenvalue weighted by atomic mass is 32.1. The fraction of sp³-hybridized carbons (Fsp3) is 0.278. The maximum Gasteiger partial charge on any atom is 0.246 e. The molecule has 2 rings (SSSR count). The number of hydrogen-bond acceptors (Lipinski definition) is 5. The molecule has 0 aliphatic carbocycles. The summed E-state index contributed by atoms with van der Waals surface area (Å²) >= 11 is 1.46. The van der Waals surface area contributed by atoms with Crippen LogP contribution in [-0.4, -0.2) is 41.3 Å². The van der Waals surface area contributed by atoms with E-state index in [1.54, 1.807) is 18.1 Å². The van der Waals surface area contributed by atoms with Crippen LogP contribution >= 0.6 is 11.3 Å². The third-order valence-electron chi connectivity index (χ3n) is 3.48. The third kappa shape index (κ3) is 4.92. The molecule has 0 radical (unpaired) electrons. The van der Waals surface area contributed by atoms with E-state index in [4.69, 9.17) is 9.84 Å². The number of benzene rings is 1. The molecule has 2 aromatic rings. The van der Waals surface area contributed by atoms with Crippen molar-refractivity contribution in [2.75, 3.05) is 20.3 Å². The summed E-state index contributed by atoms with van der Waals surface area (Å²) < 4.78 is 5.31. The van der Waals surface area contributed by atoms with Crippen molar-refractivity contribution in [3.63, 3.8) is 0 Å². The van der Waals surface area contributed by atoms with Crippen molar-refractivity contribution in [1.82, 2.24) is 4.90 Å². The number of para-hydroxylation sites is 1. The number of aliphatic hydroxyl groups excluding tert-OH is 2. The molecule has 0 saturated carbocycles. The molecule has 0 unspecified atom stereocenters. The zero-order valence-electron chi connectivity index (χ0n) is 13.5. The number of amides is 1. The molecule has 2 N–H and O–H groups in total. The summed E-state index contributed by atoms with van der Waals surface area (Å²) in [4.78, 5) is 14.9. The minimum Gasteiger partial charge on any atom is -0.496 e. The molecular weight excluding hydrogens is 326 g/mol. The van der Waals surface area contributed by atoms with E-state index in [0.29, 0.717) is 12.3 Å². The minimum absolute atomic E-state index is 0.0112. The standard InChI is InChI=1S/C18H21NO4S/c1-23-17-5-3-2-4-15(17)11-19(8-9-20)18(22)7-6-16-10-14(12-21)13-24-16/h2-7,10,13,20-21H,8-9,11-12H2,1H3/b7-6+.